The molecule has 0 aliphatic rings. The Morgan fingerprint density at radius 2 is 0.447 bits per heavy atom. The fourth-order valence-electron chi connectivity index (χ4n) is 9.88. The first-order valence-electron chi connectivity index (χ1n) is 27.2. The Labute approximate surface area is 516 Å². The Bertz CT molecular complexity index is 2910. The van der Waals surface area contributed by atoms with Crippen LogP contribution in [0, 0.1) is 128 Å². The molecule has 0 amide bonds. The summed E-state index contributed by atoms with van der Waals surface area (Å²) in [6.07, 6.45) is -6.78. The third kappa shape index (κ3) is 12.8. The second-order valence-electron chi connectivity index (χ2n) is 28.3. The van der Waals surface area contributed by atoms with Gasteiger partial charge in [-0.15, -0.1) is 21.9 Å². The van der Waals surface area contributed by atoms with Crippen LogP contribution in [0.1, 0.15) is 105 Å². The van der Waals surface area contributed by atoms with E-state index in [1.165, 1.54) is 158 Å². The SMILES string of the molecule is CC(C)(C)[Si](C)(C)c1c(F)c(F)c([B-](c2c(F)c(F)c([Si](C)(C)C(C)(C)C)c(F)c2F)(c2c(F)c(F)c([Si](C)(C)C(C)(C)C)c(F)c2F)c2c(F)c(F)c([Si](C)(C)C(C)(C)C)c(F)c2F)c(F)c1F.Cc1ccc[c-]1C.Cc1ccc[c-]1C.[CH3-].[Zr]. The molecule has 6 rings (SSSR count). The summed E-state index contributed by atoms with van der Waals surface area (Å²) in [5.41, 5.74) is -6.12. The maximum absolute atomic E-state index is 17.8. The van der Waals surface area contributed by atoms with Crippen LogP contribution in [-0.2, 0) is 26.2 Å². The van der Waals surface area contributed by atoms with E-state index in [1.54, 1.807) is 0 Å². The van der Waals surface area contributed by atoms with Crippen molar-refractivity contribution in [1.29, 1.82) is 0 Å². The molecule has 0 nitrogen and oxygen atoms in total. The summed E-state index contributed by atoms with van der Waals surface area (Å²) in [6, 6.07) is 12.6. The molecule has 0 unspecified atom stereocenters. The summed E-state index contributed by atoms with van der Waals surface area (Å²) in [7, 11) is -16.1. The molecule has 472 valence electrons. The first-order chi connectivity index (χ1) is 37.2. The molecule has 0 heterocycles. The minimum absolute atomic E-state index is 0. The summed E-state index contributed by atoms with van der Waals surface area (Å²) in [5, 5.41) is -10.7. The minimum Gasteiger partial charge on any atom is -0.358 e. The van der Waals surface area contributed by atoms with Gasteiger partial charge in [0.2, 0.25) is 0 Å². The van der Waals surface area contributed by atoms with E-state index in [9.17, 15) is 0 Å². The number of halogens is 16. The van der Waals surface area contributed by atoms with Crippen molar-refractivity contribution < 1.29 is 96.5 Å². The van der Waals surface area contributed by atoms with E-state index >= 15 is 70.2 Å². The molecular formula is C63H81BF16Si4Zr-4. The summed E-state index contributed by atoms with van der Waals surface area (Å²) >= 11 is 0. The monoisotopic (exact) mass is 1350 g/mol. The molecule has 22 heteroatoms. The molecule has 0 N–H and O–H groups in total. The molecule has 0 radical (unpaired) electrons. The fourth-order valence-corrected chi connectivity index (χ4v) is 18.1. The Morgan fingerprint density at radius 3 is 0.529 bits per heavy atom. The van der Waals surface area contributed by atoms with Crippen molar-refractivity contribution in [1.82, 2.24) is 0 Å². The van der Waals surface area contributed by atoms with Gasteiger partial charge in [-0.2, -0.15) is 34.4 Å². The number of hydrogen-bond acceptors (Lipinski definition) is 0. The maximum atomic E-state index is 17.8. The summed E-state index contributed by atoms with van der Waals surface area (Å²) in [6.45, 7) is 34.6. The van der Waals surface area contributed by atoms with E-state index in [1.807, 2.05) is 0 Å². The summed E-state index contributed by atoms with van der Waals surface area (Å²) < 4.78 is 280. The minimum atomic E-state index is -6.78. The van der Waals surface area contributed by atoms with Crippen LogP contribution in [0.5, 0.6) is 0 Å². The maximum Gasteiger partial charge on any atom is 0.157 e. The second-order valence-corrected chi connectivity index (χ2v) is 49.3. The molecule has 0 fully saturated rings. The van der Waals surface area contributed by atoms with Gasteiger partial charge in [0.05, 0.1) is 32.3 Å². The second kappa shape index (κ2) is 25.6. The Hall–Kier alpha value is -3.72. The Kier molecular flexibility index (Phi) is 23.3. The van der Waals surface area contributed by atoms with Crippen molar-refractivity contribution in [3.8, 4) is 0 Å². The van der Waals surface area contributed by atoms with Crippen LogP contribution in [0.25, 0.3) is 0 Å². The zero-order valence-electron chi connectivity index (χ0n) is 53.6. The van der Waals surface area contributed by atoms with Crippen molar-refractivity contribution in [3.05, 3.63) is 159 Å². The fraction of sp³-hybridized carbons (Fsp3) is 0.444. The van der Waals surface area contributed by atoms with E-state index in [-0.39, 0.29) is 33.6 Å². The zero-order chi connectivity index (χ0) is 64.9. The van der Waals surface area contributed by atoms with Crippen LogP contribution in [0.3, 0.4) is 0 Å². The van der Waals surface area contributed by atoms with Gasteiger partial charge in [-0.05, 0) is 20.2 Å². The van der Waals surface area contributed by atoms with Crippen molar-refractivity contribution in [2.75, 3.05) is 0 Å². The van der Waals surface area contributed by atoms with E-state index in [2.05, 4.69) is 64.1 Å². The quantitative estimate of drug-likeness (QED) is 0.0617. The molecule has 0 spiro atoms. The van der Waals surface area contributed by atoms with Crippen LogP contribution in [0.2, 0.25) is 72.5 Å². The van der Waals surface area contributed by atoms with Gasteiger partial charge in [0.15, 0.2) is 46.5 Å². The van der Waals surface area contributed by atoms with E-state index in [0.717, 1.165) is 0 Å². The van der Waals surface area contributed by atoms with Gasteiger partial charge < -0.3 is 7.43 Å². The smallest absolute Gasteiger partial charge is 0.157 e. The number of hydrogen-bond donors (Lipinski definition) is 0. The van der Waals surface area contributed by atoms with E-state index < -0.39 is 194 Å². The molecular weight excluding hydrogens is 1280 g/mol. The number of aryl methyl sites for hydroxylation is 4. The van der Waals surface area contributed by atoms with Crippen molar-refractivity contribution in [3.63, 3.8) is 0 Å². The largest absolute Gasteiger partial charge is 0.358 e. The molecule has 0 atom stereocenters. The van der Waals surface area contributed by atoms with Gasteiger partial charge in [-0.25, -0.2) is 94.5 Å². The molecule has 0 bridgehead atoms. The summed E-state index contributed by atoms with van der Waals surface area (Å²) in [5.74, 6) is -44.3. The zero-order valence-corrected chi connectivity index (χ0v) is 60.0. The van der Waals surface area contributed by atoms with Crippen LogP contribution >= 0.6 is 0 Å². The van der Waals surface area contributed by atoms with Gasteiger partial charge in [0, 0.05) is 47.0 Å². The van der Waals surface area contributed by atoms with Crippen LogP contribution in [0.4, 0.5) is 70.2 Å². The third-order valence-corrected chi connectivity index (χ3v) is 41.3. The van der Waals surface area contributed by atoms with Crippen LogP contribution < -0.4 is 42.6 Å². The van der Waals surface area contributed by atoms with Crippen LogP contribution in [-0.4, -0.2) is 38.4 Å². The Balaban J connectivity index is 0.00000134. The molecule has 6 aromatic carbocycles. The molecule has 6 aromatic rings. The normalized spacial score (nSPS) is 13.0. The average Bonchev–Trinajstić information content (AvgIpc) is 3.90. The Morgan fingerprint density at radius 1 is 0.306 bits per heavy atom. The summed E-state index contributed by atoms with van der Waals surface area (Å²) in [4.78, 5) is 0. The van der Waals surface area contributed by atoms with E-state index in [0.29, 0.717) is 0 Å². The first kappa shape index (κ1) is 77.4. The predicted octanol–water partition coefficient (Wildman–Crippen LogP) is 16.6. The average molecular weight is 1360 g/mol. The molecule has 0 aliphatic heterocycles. The number of rotatable bonds is 8. The van der Waals surface area contributed by atoms with Gasteiger partial charge in [0.25, 0.3) is 0 Å². The first-order valence-corrected chi connectivity index (χ1v) is 39.2. The standard InChI is InChI=1S/C48H60BF16Si4.2C7H9.CH3.Zr/c1-45(2,3)66(13,14)41-33(58)25(50)21(26(51)34(41)59)49(22-27(52)35(60)42(36(61)28(22)53)67(15,16)46(4,5)6,23-29(54)37(62)43(38(63)30(23)55)68(17,18)47(7,8)9)24-31(56)39(64)44(40(65)32(24)57)69(19,20)48(10,11)12;2*1-6-4-3-5-7(6)2;;/h1-20H3;2*3-5H,1-2H3;1H3;/q4*-1;. The third-order valence-electron chi connectivity index (χ3n) is 19.6. The van der Waals surface area contributed by atoms with Crippen molar-refractivity contribution in [2.45, 2.75) is 183 Å². The molecule has 0 aliphatic carbocycles. The molecule has 0 aromatic heterocycles. The van der Waals surface area contributed by atoms with Gasteiger partial charge >= 0.3 is 0 Å². The molecule has 0 saturated carbocycles. The van der Waals surface area contributed by atoms with Crippen LogP contribution in [0.15, 0.2) is 36.4 Å². The van der Waals surface area contributed by atoms with Gasteiger partial charge in [0.1, 0.15) is 52.7 Å². The predicted molar refractivity (Wildman–Crippen MR) is 326 cm³/mol. The van der Waals surface area contributed by atoms with Crippen molar-refractivity contribution in [2.24, 2.45) is 0 Å². The molecule has 85 heavy (non-hydrogen) atoms. The van der Waals surface area contributed by atoms with Crippen molar-refractivity contribution >= 4 is 81.0 Å². The van der Waals surface area contributed by atoms with E-state index in [4.69, 9.17) is 0 Å². The molecule has 0 saturated heterocycles. The topological polar surface area (TPSA) is 0 Å². The van der Waals surface area contributed by atoms with Gasteiger partial charge in [-0.3, -0.25) is 0 Å². The van der Waals surface area contributed by atoms with Gasteiger partial charge in [-0.1, -0.05) is 163 Å². The number of benzene rings is 4.